The van der Waals surface area contributed by atoms with Crippen molar-refractivity contribution in [1.29, 1.82) is 0 Å². The predicted octanol–water partition coefficient (Wildman–Crippen LogP) is 5.73. The van der Waals surface area contributed by atoms with Gasteiger partial charge in [0.1, 0.15) is 11.5 Å². The molecule has 0 saturated carbocycles. The van der Waals surface area contributed by atoms with Crippen molar-refractivity contribution in [3.63, 3.8) is 0 Å². The van der Waals surface area contributed by atoms with Crippen LogP contribution in [0.2, 0.25) is 0 Å². The molecular weight excluding hydrogens is 406 g/mol. The molecule has 1 aromatic heterocycles. The Morgan fingerprint density at radius 3 is 2.03 bits per heavy atom. The zero-order valence-electron chi connectivity index (χ0n) is 17.9. The van der Waals surface area contributed by atoms with Crippen LogP contribution >= 0.6 is 11.8 Å². The molecule has 0 spiro atoms. The summed E-state index contributed by atoms with van der Waals surface area (Å²) in [4.78, 5) is 0. The normalized spacial score (nSPS) is 10.8. The van der Waals surface area contributed by atoms with Crippen molar-refractivity contribution in [2.24, 2.45) is 0 Å². The molecule has 5 nitrogen and oxygen atoms in total. The van der Waals surface area contributed by atoms with Gasteiger partial charge in [0.2, 0.25) is 0 Å². The van der Waals surface area contributed by atoms with Crippen LogP contribution in [0.4, 0.5) is 0 Å². The third-order valence-corrected chi connectivity index (χ3v) is 5.77. The number of aromatic nitrogens is 3. The van der Waals surface area contributed by atoms with E-state index in [2.05, 4.69) is 65.0 Å². The molecule has 0 aliphatic carbocycles. The highest BCUT2D eigenvalue weighted by atomic mass is 32.2. The Balaban J connectivity index is 1.55. The quantitative estimate of drug-likeness (QED) is 0.263. The average molecular weight is 432 g/mol. The van der Waals surface area contributed by atoms with Crippen LogP contribution in [0.15, 0.2) is 78.0 Å². The van der Waals surface area contributed by atoms with Gasteiger partial charge < -0.3 is 9.47 Å². The molecule has 4 rings (SSSR count). The number of methoxy groups -OCH3 is 1. The highest BCUT2D eigenvalue weighted by Crippen LogP contribution is 2.29. The monoisotopic (exact) mass is 431 g/mol. The molecule has 0 fully saturated rings. The molecule has 0 aliphatic heterocycles. The summed E-state index contributed by atoms with van der Waals surface area (Å²) >= 11 is 1.63. The van der Waals surface area contributed by atoms with E-state index in [-0.39, 0.29) is 0 Å². The predicted molar refractivity (Wildman–Crippen MR) is 125 cm³/mol. The minimum absolute atomic E-state index is 0.590. The summed E-state index contributed by atoms with van der Waals surface area (Å²) in [6, 6.07) is 24.4. The van der Waals surface area contributed by atoms with E-state index < -0.39 is 0 Å². The van der Waals surface area contributed by atoms with Crippen molar-refractivity contribution in [2.45, 2.75) is 19.0 Å². The molecule has 0 atom stereocenters. The van der Waals surface area contributed by atoms with Crippen molar-refractivity contribution in [1.82, 2.24) is 14.8 Å². The van der Waals surface area contributed by atoms with E-state index in [4.69, 9.17) is 9.47 Å². The smallest absolute Gasteiger partial charge is 0.196 e. The largest absolute Gasteiger partial charge is 0.497 e. The molecule has 31 heavy (non-hydrogen) atoms. The van der Waals surface area contributed by atoms with Gasteiger partial charge in [-0.05, 0) is 62.4 Å². The Kier molecular flexibility index (Phi) is 6.57. The molecule has 6 heteroatoms. The molecule has 0 bridgehead atoms. The van der Waals surface area contributed by atoms with Gasteiger partial charge >= 0.3 is 0 Å². The molecule has 0 N–H and O–H groups in total. The van der Waals surface area contributed by atoms with Gasteiger partial charge in [0, 0.05) is 17.0 Å². The zero-order chi connectivity index (χ0) is 21.6. The number of hydrogen-bond donors (Lipinski definition) is 0. The van der Waals surface area contributed by atoms with Gasteiger partial charge in [0.15, 0.2) is 11.0 Å². The standard InChI is InChI=1S/C25H25N3O2S/c1-18-4-10-21(11-5-18)28-24(20-8-14-22(29-3)15-9-20)26-27-25(28)31-17-16-30-23-12-6-19(2)7-13-23/h4-15H,16-17H2,1-3H3. The Hall–Kier alpha value is -3.25. The number of rotatable bonds is 8. The first-order valence-corrected chi connectivity index (χ1v) is 11.1. The maximum Gasteiger partial charge on any atom is 0.196 e. The second-order valence-corrected chi connectivity index (χ2v) is 8.28. The summed E-state index contributed by atoms with van der Waals surface area (Å²) < 4.78 is 13.2. The van der Waals surface area contributed by atoms with E-state index in [1.54, 1.807) is 18.9 Å². The summed E-state index contributed by atoms with van der Waals surface area (Å²) in [5.41, 5.74) is 4.45. The maximum atomic E-state index is 5.87. The third kappa shape index (κ3) is 5.09. The maximum absolute atomic E-state index is 5.87. The first-order chi connectivity index (χ1) is 15.1. The van der Waals surface area contributed by atoms with Crippen LogP contribution in [-0.4, -0.2) is 34.2 Å². The van der Waals surface area contributed by atoms with Crippen LogP contribution in [-0.2, 0) is 0 Å². The molecule has 3 aromatic carbocycles. The van der Waals surface area contributed by atoms with Crippen molar-refractivity contribution < 1.29 is 9.47 Å². The SMILES string of the molecule is COc1ccc(-c2nnc(SCCOc3ccc(C)cc3)n2-c2ccc(C)cc2)cc1. The Labute approximate surface area is 187 Å². The lowest BCUT2D eigenvalue weighted by molar-refractivity contribution is 0.344. The molecule has 0 amide bonds. The van der Waals surface area contributed by atoms with E-state index in [1.807, 2.05) is 36.4 Å². The van der Waals surface area contributed by atoms with Gasteiger partial charge in [0.25, 0.3) is 0 Å². The first kappa shape index (κ1) is 21.0. The molecule has 0 aliphatic rings. The lowest BCUT2D eigenvalue weighted by atomic mass is 10.2. The van der Waals surface area contributed by atoms with Gasteiger partial charge in [0.05, 0.1) is 13.7 Å². The summed E-state index contributed by atoms with van der Waals surface area (Å²) in [6.07, 6.45) is 0. The van der Waals surface area contributed by atoms with Crippen LogP contribution in [0, 0.1) is 13.8 Å². The molecule has 0 saturated heterocycles. The minimum atomic E-state index is 0.590. The third-order valence-electron chi connectivity index (χ3n) is 4.88. The van der Waals surface area contributed by atoms with Gasteiger partial charge in [-0.1, -0.05) is 47.2 Å². The summed E-state index contributed by atoms with van der Waals surface area (Å²) in [5.74, 6) is 3.26. The second-order valence-electron chi connectivity index (χ2n) is 7.22. The van der Waals surface area contributed by atoms with E-state index in [0.717, 1.165) is 39.5 Å². The molecular formula is C25H25N3O2S. The summed E-state index contributed by atoms with van der Waals surface area (Å²) in [7, 11) is 1.66. The number of nitrogens with zero attached hydrogens (tertiary/aromatic N) is 3. The Morgan fingerprint density at radius 1 is 0.774 bits per heavy atom. The lowest BCUT2D eigenvalue weighted by Gasteiger charge is -2.11. The first-order valence-electron chi connectivity index (χ1n) is 10.1. The van der Waals surface area contributed by atoms with E-state index >= 15 is 0 Å². The molecule has 0 radical (unpaired) electrons. The number of hydrogen-bond acceptors (Lipinski definition) is 5. The number of benzene rings is 3. The van der Waals surface area contributed by atoms with Gasteiger partial charge in [-0.15, -0.1) is 10.2 Å². The molecule has 1 heterocycles. The van der Waals surface area contributed by atoms with Crippen molar-refractivity contribution in [2.75, 3.05) is 19.5 Å². The van der Waals surface area contributed by atoms with Crippen LogP contribution < -0.4 is 9.47 Å². The van der Waals surface area contributed by atoms with Crippen LogP contribution in [0.5, 0.6) is 11.5 Å². The van der Waals surface area contributed by atoms with Crippen molar-refractivity contribution >= 4 is 11.8 Å². The fourth-order valence-electron chi connectivity index (χ4n) is 3.14. The topological polar surface area (TPSA) is 49.2 Å². The highest BCUT2D eigenvalue weighted by Gasteiger charge is 2.16. The van der Waals surface area contributed by atoms with Crippen molar-refractivity contribution in [3.05, 3.63) is 83.9 Å². The van der Waals surface area contributed by atoms with E-state index in [0.29, 0.717) is 6.61 Å². The number of aryl methyl sites for hydroxylation is 2. The zero-order valence-corrected chi connectivity index (χ0v) is 18.7. The van der Waals surface area contributed by atoms with Crippen LogP contribution in [0.3, 0.4) is 0 Å². The van der Waals surface area contributed by atoms with E-state index in [9.17, 15) is 0 Å². The van der Waals surface area contributed by atoms with E-state index in [1.165, 1.54) is 11.1 Å². The highest BCUT2D eigenvalue weighted by molar-refractivity contribution is 7.99. The Bertz CT molecular complexity index is 1120. The molecule has 158 valence electrons. The van der Waals surface area contributed by atoms with Gasteiger partial charge in [-0.3, -0.25) is 4.57 Å². The molecule has 0 unspecified atom stereocenters. The van der Waals surface area contributed by atoms with Gasteiger partial charge in [-0.2, -0.15) is 0 Å². The fraction of sp³-hybridized carbons (Fsp3) is 0.200. The fourth-order valence-corrected chi connectivity index (χ4v) is 3.91. The number of thioether (sulfide) groups is 1. The summed E-state index contributed by atoms with van der Waals surface area (Å²) in [6.45, 7) is 4.74. The minimum Gasteiger partial charge on any atom is -0.497 e. The van der Waals surface area contributed by atoms with Crippen LogP contribution in [0.1, 0.15) is 11.1 Å². The van der Waals surface area contributed by atoms with Gasteiger partial charge in [-0.25, -0.2) is 0 Å². The summed E-state index contributed by atoms with van der Waals surface area (Å²) in [5, 5.41) is 9.81. The van der Waals surface area contributed by atoms with Crippen LogP contribution in [0.25, 0.3) is 17.1 Å². The second kappa shape index (κ2) is 9.71. The number of ether oxygens (including phenoxy) is 2. The molecule has 4 aromatic rings. The average Bonchev–Trinajstić information content (AvgIpc) is 3.22. The Morgan fingerprint density at radius 2 is 1.39 bits per heavy atom. The van der Waals surface area contributed by atoms with Crippen molar-refractivity contribution in [3.8, 4) is 28.6 Å². The lowest BCUT2D eigenvalue weighted by Crippen LogP contribution is -2.03.